The molecule has 2 aromatic heterocycles. The Labute approximate surface area is 256 Å². The Balaban J connectivity index is 1.26. The number of benzene rings is 6. The Bertz CT molecular complexity index is 2460. The van der Waals surface area contributed by atoms with Crippen LogP contribution in [-0.4, -0.2) is 9.13 Å². The second-order valence-electron chi connectivity index (χ2n) is 11.7. The third kappa shape index (κ3) is 3.88. The maximum atomic E-state index is 2.42. The van der Waals surface area contributed by atoms with Crippen LogP contribution in [0.3, 0.4) is 0 Å². The number of nitrogens with zero attached hydrogens (tertiary/aromatic N) is 2. The Morgan fingerprint density at radius 2 is 0.909 bits per heavy atom. The van der Waals surface area contributed by atoms with Gasteiger partial charge in [0.2, 0.25) is 0 Å². The lowest BCUT2D eigenvalue weighted by Crippen LogP contribution is -2.30. The molecule has 0 amide bonds. The molecule has 0 unspecified atom stereocenters. The van der Waals surface area contributed by atoms with E-state index in [0.717, 1.165) is 12.8 Å². The highest BCUT2D eigenvalue weighted by Crippen LogP contribution is 2.37. The van der Waals surface area contributed by atoms with E-state index in [2.05, 4.69) is 167 Å². The summed E-state index contributed by atoms with van der Waals surface area (Å²) in [6.45, 7) is 0. The van der Waals surface area contributed by atoms with E-state index < -0.39 is 0 Å². The van der Waals surface area contributed by atoms with Crippen molar-refractivity contribution in [2.75, 3.05) is 0 Å². The molecular weight excluding hydrogens is 532 g/mol. The standard InChI is InChI=1S/C42H30N2/c1-4-12-29(13-5-1)32-20-23-36-38-27-31(22-25-41(38)44(42(36)28-32)34-16-8-3-9-17-34)30-21-24-40-37(26-30)35-18-10-11-19-39(35)43(40)33-14-6-2-7-15-33/h1-9,12-28H,10-11H2. The first-order chi connectivity index (χ1) is 21.8. The number of fused-ring (bicyclic) bond motifs is 6. The van der Waals surface area contributed by atoms with E-state index in [-0.39, 0.29) is 0 Å². The molecular formula is C42H30N2. The van der Waals surface area contributed by atoms with Crippen LogP contribution in [0, 0.1) is 0 Å². The summed E-state index contributed by atoms with van der Waals surface area (Å²) >= 11 is 0. The molecule has 1 aliphatic rings. The van der Waals surface area contributed by atoms with Gasteiger partial charge in [-0.2, -0.15) is 0 Å². The van der Waals surface area contributed by atoms with Crippen molar-refractivity contribution in [2.45, 2.75) is 12.8 Å². The molecule has 2 heteroatoms. The average Bonchev–Trinajstić information content (AvgIpc) is 3.61. The molecule has 8 aromatic rings. The molecule has 208 valence electrons. The summed E-state index contributed by atoms with van der Waals surface area (Å²) in [4.78, 5) is 0. The van der Waals surface area contributed by atoms with Crippen molar-refractivity contribution in [3.63, 3.8) is 0 Å². The van der Waals surface area contributed by atoms with Gasteiger partial charge in [0.25, 0.3) is 0 Å². The van der Waals surface area contributed by atoms with Gasteiger partial charge in [-0.3, -0.25) is 0 Å². The van der Waals surface area contributed by atoms with Crippen molar-refractivity contribution in [3.8, 4) is 33.6 Å². The number of hydrogen-bond acceptors (Lipinski definition) is 0. The van der Waals surface area contributed by atoms with Crippen LogP contribution in [0.5, 0.6) is 0 Å². The zero-order valence-electron chi connectivity index (χ0n) is 24.3. The van der Waals surface area contributed by atoms with Gasteiger partial charge in [0.1, 0.15) is 0 Å². The van der Waals surface area contributed by atoms with Crippen LogP contribution in [0.1, 0.15) is 12.8 Å². The first-order valence-electron chi connectivity index (χ1n) is 15.4. The maximum absolute atomic E-state index is 2.42. The monoisotopic (exact) mass is 562 g/mol. The van der Waals surface area contributed by atoms with Crippen LogP contribution in [0.2, 0.25) is 0 Å². The maximum Gasteiger partial charge on any atom is 0.0547 e. The van der Waals surface area contributed by atoms with Crippen LogP contribution in [-0.2, 0) is 0 Å². The van der Waals surface area contributed by atoms with Gasteiger partial charge in [0.15, 0.2) is 0 Å². The predicted molar refractivity (Wildman–Crippen MR) is 186 cm³/mol. The van der Waals surface area contributed by atoms with Crippen molar-refractivity contribution in [1.82, 2.24) is 9.13 Å². The lowest BCUT2D eigenvalue weighted by Gasteiger charge is -2.09. The van der Waals surface area contributed by atoms with Crippen LogP contribution in [0.4, 0.5) is 0 Å². The minimum Gasteiger partial charge on any atom is -0.310 e. The second kappa shape index (κ2) is 10.00. The summed E-state index contributed by atoms with van der Waals surface area (Å²) in [5.74, 6) is 0. The lowest BCUT2D eigenvalue weighted by molar-refractivity contribution is 1.02. The van der Waals surface area contributed by atoms with Crippen molar-refractivity contribution < 1.29 is 0 Å². The van der Waals surface area contributed by atoms with Gasteiger partial charge in [0, 0.05) is 38.1 Å². The molecule has 0 aliphatic heterocycles. The van der Waals surface area contributed by atoms with Crippen molar-refractivity contribution in [2.24, 2.45) is 0 Å². The van der Waals surface area contributed by atoms with Gasteiger partial charge in [-0.1, -0.05) is 103 Å². The molecule has 0 N–H and O–H groups in total. The van der Waals surface area contributed by atoms with Crippen LogP contribution < -0.4 is 10.6 Å². The second-order valence-corrected chi connectivity index (χ2v) is 11.7. The quantitative estimate of drug-likeness (QED) is 0.202. The fourth-order valence-electron chi connectivity index (χ4n) is 7.10. The SMILES string of the molecule is C1=c2c(n(-c3ccccc3)c3ccc(-c4ccc5c(c4)c4ccc(-c6ccccc6)cc4n5-c4ccccc4)cc23)=CCC1. The molecule has 9 rings (SSSR count). The molecule has 0 fully saturated rings. The van der Waals surface area contributed by atoms with E-state index in [1.54, 1.807) is 0 Å². The third-order valence-electron chi connectivity index (χ3n) is 9.13. The average molecular weight is 563 g/mol. The highest BCUT2D eigenvalue weighted by Gasteiger charge is 2.16. The normalized spacial score (nSPS) is 12.7. The topological polar surface area (TPSA) is 9.86 Å². The molecule has 0 saturated heterocycles. The van der Waals surface area contributed by atoms with Gasteiger partial charge < -0.3 is 9.13 Å². The molecule has 44 heavy (non-hydrogen) atoms. The molecule has 0 saturated carbocycles. The summed E-state index contributed by atoms with van der Waals surface area (Å²) in [5, 5.41) is 6.51. The fourth-order valence-corrected chi connectivity index (χ4v) is 7.10. The first kappa shape index (κ1) is 24.9. The first-order valence-corrected chi connectivity index (χ1v) is 15.4. The van der Waals surface area contributed by atoms with Gasteiger partial charge in [-0.25, -0.2) is 0 Å². The predicted octanol–water partition coefficient (Wildman–Crippen LogP) is 9.42. The number of hydrogen-bond donors (Lipinski definition) is 0. The van der Waals surface area contributed by atoms with E-state index in [1.165, 1.54) is 76.9 Å². The summed E-state index contributed by atoms with van der Waals surface area (Å²) in [6, 6.07) is 53.0. The Kier molecular flexibility index (Phi) is 5.67. The zero-order valence-corrected chi connectivity index (χ0v) is 24.3. The fraction of sp³-hybridized carbons (Fsp3) is 0.0476. The van der Waals surface area contributed by atoms with Gasteiger partial charge in [0.05, 0.1) is 16.6 Å². The van der Waals surface area contributed by atoms with Crippen LogP contribution >= 0.6 is 0 Å². The molecule has 0 atom stereocenters. The Morgan fingerprint density at radius 1 is 0.364 bits per heavy atom. The smallest absolute Gasteiger partial charge is 0.0547 e. The Morgan fingerprint density at radius 3 is 1.61 bits per heavy atom. The molecule has 6 aromatic carbocycles. The summed E-state index contributed by atoms with van der Waals surface area (Å²) in [5.41, 5.74) is 11.0. The minimum atomic E-state index is 1.08. The van der Waals surface area contributed by atoms with E-state index in [9.17, 15) is 0 Å². The molecule has 2 heterocycles. The number of para-hydroxylation sites is 2. The lowest BCUT2D eigenvalue weighted by atomic mass is 9.99. The highest BCUT2D eigenvalue weighted by atomic mass is 15.0. The van der Waals surface area contributed by atoms with Crippen molar-refractivity contribution in [3.05, 3.63) is 156 Å². The van der Waals surface area contributed by atoms with Crippen LogP contribution in [0.25, 0.3) is 78.5 Å². The summed E-state index contributed by atoms with van der Waals surface area (Å²) < 4.78 is 4.83. The number of rotatable bonds is 4. The minimum absolute atomic E-state index is 1.08. The van der Waals surface area contributed by atoms with E-state index in [1.807, 2.05) is 0 Å². The summed E-state index contributed by atoms with van der Waals surface area (Å²) in [6.07, 6.45) is 6.98. The van der Waals surface area contributed by atoms with Crippen LogP contribution in [0.15, 0.2) is 146 Å². The largest absolute Gasteiger partial charge is 0.310 e. The molecule has 0 spiro atoms. The molecule has 1 aliphatic carbocycles. The van der Waals surface area contributed by atoms with E-state index in [0.29, 0.717) is 0 Å². The van der Waals surface area contributed by atoms with Crippen molar-refractivity contribution in [1.29, 1.82) is 0 Å². The molecule has 0 bridgehead atoms. The number of aromatic nitrogens is 2. The zero-order chi connectivity index (χ0) is 29.0. The van der Waals surface area contributed by atoms with E-state index >= 15 is 0 Å². The Hall–Kier alpha value is -5.60. The van der Waals surface area contributed by atoms with Gasteiger partial charge >= 0.3 is 0 Å². The van der Waals surface area contributed by atoms with Crippen molar-refractivity contribution >= 4 is 44.9 Å². The highest BCUT2D eigenvalue weighted by molar-refractivity contribution is 6.11. The summed E-state index contributed by atoms with van der Waals surface area (Å²) in [7, 11) is 0. The van der Waals surface area contributed by atoms with Gasteiger partial charge in [-0.15, -0.1) is 0 Å². The molecule has 0 radical (unpaired) electrons. The van der Waals surface area contributed by atoms with E-state index in [4.69, 9.17) is 0 Å². The molecule has 2 nitrogen and oxygen atoms in total. The van der Waals surface area contributed by atoms with Gasteiger partial charge in [-0.05, 0) is 89.7 Å². The third-order valence-corrected chi connectivity index (χ3v) is 9.13.